The summed E-state index contributed by atoms with van der Waals surface area (Å²) >= 11 is 6.07. The fourth-order valence-corrected chi connectivity index (χ4v) is 4.69. The summed E-state index contributed by atoms with van der Waals surface area (Å²) in [6.45, 7) is 7.33. The summed E-state index contributed by atoms with van der Waals surface area (Å²) in [5.41, 5.74) is 3.80. The zero-order valence-electron chi connectivity index (χ0n) is 20.5. The molecule has 1 aliphatic rings. The van der Waals surface area contributed by atoms with Gasteiger partial charge >= 0.3 is 0 Å². The van der Waals surface area contributed by atoms with Gasteiger partial charge in [0, 0.05) is 62.7 Å². The number of anilines is 1. The van der Waals surface area contributed by atoms with E-state index in [4.69, 9.17) is 11.6 Å². The van der Waals surface area contributed by atoms with Crippen LogP contribution in [0.1, 0.15) is 44.5 Å². The highest BCUT2D eigenvalue weighted by molar-refractivity contribution is 6.31. The van der Waals surface area contributed by atoms with E-state index in [2.05, 4.69) is 35.2 Å². The Morgan fingerprint density at radius 2 is 1.91 bits per heavy atom. The number of amides is 2. The number of hydrogen-bond donors (Lipinski definition) is 2. The van der Waals surface area contributed by atoms with Crippen molar-refractivity contribution in [3.05, 3.63) is 58.9 Å². The standard InChI is InChI=1S/C27H34ClN5O2/c1-19(2)16-27(35)33-14-5-13-32(15-12-29-18-20-6-3-4-7-24(20)33)26(34)11-10-25-30-22-9-8-21(28)17-23(22)31-25/h3-4,6-9,17,19,29H,5,10-16,18H2,1-2H3,(H,30,31). The number of rotatable bonds is 5. The van der Waals surface area contributed by atoms with Gasteiger partial charge in [-0.05, 0) is 42.2 Å². The molecular formula is C27H34ClN5O2. The minimum Gasteiger partial charge on any atom is -0.342 e. The first-order chi connectivity index (χ1) is 16.9. The summed E-state index contributed by atoms with van der Waals surface area (Å²) in [5, 5.41) is 4.11. The first-order valence-electron chi connectivity index (χ1n) is 12.4. The smallest absolute Gasteiger partial charge is 0.227 e. The average Bonchev–Trinajstić information content (AvgIpc) is 3.21. The van der Waals surface area contributed by atoms with Crippen LogP contribution in [-0.2, 0) is 22.6 Å². The fraction of sp³-hybridized carbons (Fsp3) is 0.444. The number of imidazole rings is 1. The Morgan fingerprint density at radius 1 is 1.09 bits per heavy atom. The van der Waals surface area contributed by atoms with Crippen molar-refractivity contribution in [2.75, 3.05) is 31.1 Å². The van der Waals surface area contributed by atoms with Gasteiger partial charge in [-0.2, -0.15) is 0 Å². The summed E-state index contributed by atoms with van der Waals surface area (Å²) in [6.07, 6.45) is 2.16. The van der Waals surface area contributed by atoms with E-state index in [1.807, 2.05) is 46.2 Å². The van der Waals surface area contributed by atoms with Crippen LogP contribution in [0.5, 0.6) is 0 Å². The third kappa shape index (κ3) is 6.61. The molecule has 2 aromatic carbocycles. The molecule has 1 aliphatic heterocycles. The maximum absolute atomic E-state index is 13.1. The van der Waals surface area contributed by atoms with Crippen molar-refractivity contribution in [3.8, 4) is 0 Å². The van der Waals surface area contributed by atoms with E-state index >= 15 is 0 Å². The molecule has 0 spiro atoms. The molecule has 0 aliphatic carbocycles. The van der Waals surface area contributed by atoms with Gasteiger partial charge in [0.05, 0.1) is 11.0 Å². The van der Waals surface area contributed by atoms with E-state index < -0.39 is 0 Å². The summed E-state index contributed by atoms with van der Waals surface area (Å²) < 4.78 is 0. The van der Waals surface area contributed by atoms with Crippen LogP contribution >= 0.6 is 11.6 Å². The van der Waals surface area contributed by atoms with Gasteiger partial charge in [-0.15, -0.1) is 0 Å². The summed E-state index contributed by atoms with van der Waals surface area (Å²) in [5.74, 6) is 1.31. The van der Waals surface area contributed by atoms with Gasteiger partial charge in [-0.25, -0.2) is 4.98 Å². The quantitative estimate of drug-likeness (QED) is 0.544. The van der Waals surface area contributed by atoms with Crippen molar-refractivity contribution in [1.82, 2.24) is 20.2 Å². The average molecular weight is 496 g/mol. The maximum Gasteiger partial charge on any atom is 0.227 e. The van der Waals surface area contributed by atoms with Crippen molar-refractivity contribution in [3.63, 3.8) is 0 Å². The second kappa shape index (κ2) is 11.7. The minimum absolute atomic E-state index is 0.0992. The highest BCUT2D eigenvalue weighted by atomic mass is 35.5. The van der Waals surface area contributed by atoms with Gasteiger partial charge in [-0.3, -0.25) is 9.59 Å². The number of aromatic nitrogens is 2. The van der Waals surface area contributed by atoms with E-state index in [9.17, 15) is 9.59 Å². The number of aromatic amines is 1. The molecule has 0 saturated carbocycles. The molecule has 7 nitrogen and oxygen atoms in total. The van der Waals surface area contributed by atoms with Crippen LogP contribution in [0, 0.1) is 5.92 Å². The predicted octanol–water partition coefficient (Wildman–Crippen LogP) is 4.55. The Kier molecular flexibility index (Phi) is 8.42. The lowest BCUT2D eigenvalue weighted by atomic mass is 10.1. The molecule has 2 amide bonds. The molecule has 2 N–H and O–H groups in total. The lowest BCUT2D eigenvalue weighted by Gasteiger charge is -2.27. The normalized spacial score (nSPS) is 15.2. The zero-order chi connectivity index (χ0) is 24.8. The molecule has 1 aromatic heterocycles. The van der Waals surface area contributed by atoms with Crippen LogP contribution in [0.3, 0.4) is 0 Å². The van der Waals surface area contributed by atoms with Crippen LogP contribution in [0.15, 0.2) is 42.5 Å². The molecule has 3 aromatic rings. The highest BCUT2D eigenvalue weighted by Crippen LogP contribution is 2.23. The zero-order valence-corrected chi connectivity index (χ0v) is 21.3. The van der Waals surface area contributed by atoms with E-state index in [0.717, 1.165) is 34.5 Å². The monoisotopic (exact) mass is 495 g/mol. The number of benzene rings is 2. The Bertz CT molecular complexity index is 1180. The number of hydrogen-bond acceptors (Lipinski definition) is 4. The highest BCUT2D eigenvalue weighted by Gasteiger charge is 2.22. The number of halogens is 1. The van der Waals surface area contributed by atoms with Crippen molar-refractivity contribution in [2.24, 2.45) is 5.92 Å². The lowest BCUT2D eigenvalue weighted by Crippen LogP contribution is -2.39. The van der Waals surface area contributed by atoms with Crippen molar-refractivity contribution in [2.45, 2.75) is 46.1 Å². The van der Waals surface area contributed by atoms with E-state index in [1.165, 1.54) is 0 Å². The summed E-state index contributed by atoms with van der Waals surface area (Å²) in [6, 6.07) is 13.6. The second-order valence-corrected chi connectivity index (χ2v) is 9.96. The van der Waals surface area contributed by atoms with Gasteiger partial charge in [0.2, 0.25) is 11.8 Å². The molecular weight excluding hydrogens is 462 g/mol. The number of H-pyrrole nitrogens is 1. The molecule has 0 fully saturated rings. The molecule has 0 saturated heterocycles. The van der Waals surface area contributed by atoms with Crippen LogP contribution in [0.25, 0.3) is 11.0 Å². The number of aryl methyl sites for hydroxylation is 1. The Hall–Kier alpha value is -2.90. The maximum atomic E-state index is 13.1. The van der Waals surface area contributed by atoms with Gasteiger partial charge in [0.25, 0.3) is 0 Å². The lowest BCUT2D eigenvalue weighted by molar-refractivity contribution is -0.131. The van der Waals surface area contributed by atoms with E-state index in [-0.39, 0.29) is 11.8 Å². The fourth-order valence-electron chi connectivity index (χ4n) is 4.52. The molecule has 4 rings (SSSR count). The molecule has 0 bridgehead atoms. The van der Waals surface area contributed by atoms with Crippen molar-refractivity contribution in [1.29, 1.82) is 0 Å². The first-order valence-corrected chi connectivity index (χ1v) is 12.8. The summed E-state index contributed by atoms with van der Waals surface area (Å²) in [4.78, 5) is 37.9. The number of nitrogens with zero attached hydrogens (tertiary/aromatic N) is 3. The van der Waals surface area contributed by atoms with Gasteiger partial charge < -0.3 is 20.1 Å². The number of nitrogens with one attached hydrogen (secondary N) is 2. The van der Waals surface area contributed by atoms with Crippen LogP contribution in [0.4, 0.5) is 5.69 Å². The predicted molar refractivity (Wildman–Crippen MR) is 141 cm³/mol. The molecule has 0 atom stereocenters. The Balaban J connectivity index is 1.42. The SMILES string of the molecule is CC(C)CC(=O)N1CCCN(C(=O)CCc2nc3ccc(Cl)cc3[nH]2)CCNCc2ccccc21. The minimum atomic E-state index is 0.0992. The van der Waals surface area contributed by atoms with Gasteiger partial charge in [0.1, 0.15) is 5.82 Å². The number of fused-ring (bicyclic) bond motifs is 2. The Morgan fingerprint density at radius 3 is 2.74 bits per heavy atom. The van der Waals surface area contributed by atoms with Crippen LogP contribution in [-0.4, -0.2) is 52.9 Å². The number of carbonyl (C=O) groups excluding carboxylic acids is 2. The van der Waals surface area contributed by atoms with Crippen LogP contribution in [0.2, 0.25) is 5.02 Å². The first kappa shape index (κ1) is 25.2. The van der Waals surface area contributed by atoms with Gasteiger partial charge in [0.15, 0.2) is 0 Å². The molecule has 186 valence electrons. The molecule has 0 unspecified atom stereocenters. The third-order valence-corrected chi connectivity index (χ3v) is 6.51. The molecule has 35 heavy (non-hydrogen) atoms. The topological polar surface area (TPSA) is 81.3 Å². The third-order valence-electron chi connectivity index (χ3n) is 6.27. The molecule has 2 heterocycles. The molecule has 0 radical (unpaired) electrons. The van der Waals surface area contributed by atoms with E-state index in [0.29, 0.717) is 62.9 Å². The van der Waals surface area contributed by atoms with E-state index in [1.54, 1.807) is 0 Å². The summed E-state index contributed by atoms with van der Waals surface area (Å²) in [7, 11) is 0. The molecule has 8 heteroatoms. The second-order valence-electron chi connectivity index (χ2n) is 9.53. The number of carbonyl (C=O) groups is 2. The van der Waals surface area contributed by atoms with Crippen molar-refractivity contribution >= 4 is 40.1 Å². The van der Waals surface area contributed by atoms with Crippen LogP contribution < -0.4 is 10.2 Å². The van der Waals surface area contributed by atoms with Crippen molar-refractivity contribution < 1.29 is 9.59 Å². The van der Waals surface area contributed by atoms with Gasteiger partial charge in [-0.1, -0.05) is 43.6 Å². The Labute approximate surface area is 211 Å². The largest absolute Gasteiger partial charge is 0.342 e. The number of para-hydroxylation sites is 1.